The molecule has 0 spiro atoms. The lowest BCUT2D eigenvalue weighted by molar-refractivity contribution is -0.173. The van der Waals surface area contributed by atoms with Gasteiger partial charge in [-0.3, -0.25) is 15.0 Å². The Kier molecular flexibility index (Phi) is 56.7. The van der Waals surface area contributed by atoms with Crippen LogP contribution in [0.3, 0.4) is 0 Å². The van der Waals surface area contributed by atoms with Gasteiger partial charge in [-0.05, 0) is 161 Å². The number of benzene rings is 2. The van der Waals surface area contributed by atoms with E-state index in [2.05, 4.69) is 243 Å². The van der Waals surface area contributed by atoms with Gasteiger partial charge in [-0.2, -0.15) is 14.6 Å². The summed E-state index contributed by atoms with van der Waals surface area (Å²) in [5.41, 5.74) is 0. The van der Waals surface area contributed by atoms with E-state index in [9.17, 15) is 4.39 Å². The number of para-hydroxylation sites is 4. The van der Waals surface area contributed by atoms with Crippen LogP contribution in [0.2, 0.25) is 0 Å². The van der Waals surface area contributed by atoms with Crippen LogP contribution in [0.1, 0.15) is 215 Å². The molecule has 8 rings (SSSR count). The molecule has 0 radical (unpaired) electrons. The largest absolute Gasteiger partial charge is 0.454 e. The van der Waals surface area contributed by atoms with Gasteiger partial charge >= 0.3 is 6.04 Å². The highest BCUT2D eigenvalue weighted by Crippen LogP contribution is 2.39. The van der Waals surface area contributed by atoms with Gasteiger partial charge in [0.1, 0.15) is 6.33 Å². The van der Waals surface area contributed by atoms with Crippen molar-refractivity contribution in [3.8, 4) is 23.0 Å². The van der Waals surface area contributed by atoms with Gasteiger partial charge in [0.15, 0.2) is 23.0 Å². The van der Waals surface area contributed by atoms with Gasteiger partial charge in [-0.25, -0.2) is 9.97 Å². The van der Waals surface area contributed by atoms with Crippen LogP contribution in [0.15, 0.2) is 153 Å². The van der Waals surface area contributed by atoms with Crippen LogP contribution in [0.5, 0.6) is 23.0 Å². The number of fused-ring (bicyclic) bond motifs is 2. The second-order valence-corrected chi connectivity index (χ2v) is 28.2. The third-order valence-corrected chi connectivity index (χ3v) is 17.3. The van der Waals surface area contributed by atoms with Crippen LogP contribution < -0.4 is 18.9 Å². The monoisotopic (exact) mass is 1280 g/mol. The summed E-state index contributed by atoms with van der Waals surface area (Å²) in [5, 5.41) is 7.07. The second kappa shape index (κ2) is 56.5. The number of hydrogen-bond donors (Lipinski definition) is 0. The Balaban J connectivity index is -0.000000461. The van der Waals surface area contributed by atoms with Gasteiger partial charge in [0.25, 0.3) is 0 Å². The van der Waals surface area contributed by atoms with Gasteiger partial charge < -0.3 is 18.9 Å². The zero-order valence-corrected chi connectivity index (χ0v) is 64.2. The van der Waals surface area contributed by atoms with Crippen molar-refractivity contribution in [3.05, 3.63) is 153 Å². The van der Waals surface area contributed by atoms with Gasteiger partial charge in [-0.1, -0.05) is 238 Å². The molecule has 2 aliphatic rings. The molecule has 0 N–H and O–H groups in total. The average Bonchev–Trinajstić information content (AvgIpc) is 1.70. The summed E-state index contributed by atoms with van der Waals surface area (Å²) in [4.78, 5) is 18.6. The highest BCUT2D eigenvalue weighted by atomic mass is 19.2. The second-order valence-electron chi connectivity index (χ2n) is 28.2. The molecule has 524 valence electrons. The van der Waals surface area contributed by atoms with E-state index < -0.39 is 6.04 Å². The SMILES string of the molecule is CC(C)C(C)C(C)C.CC(C)C(C)C(C)C.CC(C)C(C)C(C)C.CC(C)C(C)C(C)C.CC(C)C(C)C(C)C.CC(C)C(C)C(C)C.CC1(F)Oc2ccccc2O1.c1ccc2c(c1)OCO2.c1ccncc1.c1ccnnc1.c1cnccn1.c1cncnc1. The number of halogens is 1. The molecular formula is C80H138FN7O4. The average molecular weight is 1280 g/mol. The normalized spacial score (nSPS) is 11.9. The number of aromatic nitrogens is 7. The van der Waals surface area contributed by atoms with E-state index in [1.54, 1.807) is 92.3 Å². The fourth-order valence-electron chi connectivity index (χ4n) is 7.57. The third-order valence-electron chi connectivity index (χ3n) is 17.3. The molecule has 6 heterocycles. The number of rotatable bonds is 12. The van der Waals surface area contributed by atoms with Gasteiger partial charge in [0.2, 0.25) is 6.79 Å². The van der Waals surface area contributed by atoms with Crippen LogP contribution in [0.25, 0.3) is 0 Å². The van der Waals surface area contributed by atoms with Crippen LogP contribution in [0, 0.1) is 107 Å². The maximum Gasteiger partial charge on any atom is 0.404 e. The summed E-state index contributed by atoms with van der Waals surface area (Å²) in [6, 6.07) is 23.6. The lowest BCUT2D eigenvalue weighted by Crippen LogP contribution is -2.27. The number of nitrogens with zero attached hydrogens (tertiary/aromatic N) is 7. The van der Waals surface area contributed by atoms with Crippen molar-refractivity contribution in [3.63, 3.8) is 0 Å². The molecule has 2 aromatic carbocycles. The first kappa shape index (κ1) is 92.4. The van der Waals surface area contributed by atoms with E-state index in [4.69, 9.17) is 18.9 Å². The zero-order valence-electron chi connectivity index (χ0n) is 64.2. The maximum atomic E-state index is 13.0. The van der Waals surface area contributed by atoms with E-state index >= 15 is 0 Å². The van der Waals surface area contributed by atoms with Crippen LogP contribution in [-0.2, 0) is 0 Å². The number of hydrogen-bond acceptors (Lipinski definition) is 11. The van der Waals surface area contributed by atoms with E-state index in [-0.39, 0.29) is 0 Å². The standard InChI is InChI=1S/C8H7FO2.6C8H18.C7H6O2.C5H5N.3C4H4N2/c1-8(9)10-6-4-2-3-5-7(6)11-8;6*1-6(2)8(5)7(3)4;1-2-4-7-6(3-1)8-5-9-7;1-2-4-6-5-3-1;1-2-6-4-3-5-1;1-2-5-4-6-3-1;1-2-4-6-5-3-1/h2-5H,1H3;6*6-8H,1-5H3;1-4H,5H2;1-5H;3*1-4H. The highest BCUT2D eigenvalue weighted by molar-refractivity contribution is 5.42. The van der Waals surface area contributed by atoms with Crippen molar-refractivity contribution in [2.45, 2.75) is 221 Å². The van der Waals surface area contributed by atoms with Crippen LogP contribution >= 0.6 is 0 Å². The highest BCUT2D eigenvalue weighted by Gasteiger charge is 2.36. The first-order valence-corrected chi connectivity index (χ1v) is 34.4. The smallest absolute Gasteiger partial charge is 0.404 e. The topological polar surface area (TPSA) is 127 Å². The minimum absolute atomic E-state index is 0.360. The molecule has 92 heavy (non-hydrogen) atoms. The van der Waals surface area contributed by atoms with Crippen molar-refractivity contribution in [1.29, 1.82) is 0 Å². The van der Waals surface area contributed by atoms with Crippen molar-refractivity contribution in [2.75, 3.05) is 6.79 Å². The summed E-state index contributed by atoms with van der Waals surface area (Å²) >= 11 is 0. The molecule has 0 saturated heterocycles. The third kappa shape index (κ3) is 53.5. The quantitative estimate of drug-likeness (QED) is 0.116. The Morgan fingerprint density at radius 1 is 0.272 bits per heavy atom. The summed E-state index contributed by atoms with van der Waals surface area (Å²) in [5.74, 6) is 17.9. The van der Waals surface area contributed by atoms with Crippen molar-refractivity contribution in [1.82, 2.24) is 35.1 Å². The Hall–Kier alpha value is -6.04. The summed E-state index contributed by atoms with van der Waals surface area (Å²) < 4.78 is 32.7. The van der Waals surface area contributed by atoms with Gasteiger partial charge in [-0.15, -0.1) is 0 Å². The van der Waals surface area contributed by atoms with E-state index in [1.807, 2.05) is 54.6 Å². The first-order chi connectivity index (χ1) is 43.0. The molecular weight excluding hydrogens is 1140 g/mol. The molecule has 0 bridgehead atoms. The Morgan fingerprint density at radius 3 is 0.630 bits per heavy atom. The molecule has 0 saturated carbocycles. The molecule has 12 heteroatoms. The van der Waals surface area contributed by atoms with Crippen LogP contribution in [-0.4, -0.2) is 48.0 Å². The molecule has 0 aliphatic carbocycles. The van der Waals surface area contributed by atoms with Gasteiger partial charge in [0.05, 0.1) is 0 Å². The lowest BCUT2D eigenvalue weighted by atomic mass is 9.88. The minimum Gasteiger partial charge on any atom is -0.454 e. The zero-order chi connectivity index (χ0) is 71.4. The molecule has 2 aliphatic heterocycles. The van der Waals surface area contributed by atoms with E-state index in [0.717, 1.165) is 118 Å². The summed E-state index contributed by atoms with van der Waals surface area (Å²) in [7, 11) is 0. The molecule has 0 fully saturated rings. The number of ether oxygens (including phenoxy) is 4. The molecule has 11 nitrogen and oxygen atoms in total. The summed E-state index contributed by atoms with van der Waals surface area (Å²) in [6.07, 6.45) is 18.2. The van der Waals surface area contributed by atoms with E-state index in [0.29, 0.717) is 18.3 Å². The Bertz CT molecular complexity index is 1980. The van der Waals surface area contributed by atoms with Gasteiger partial charge in [0, 0.05) is 68.9 Å². The fourth-order valence-corrected chi connectivity index (χ4v) is 7.57. The van der Waals surface area contributed by atoms with Crippen molar-refractivity contribution in [2.24, 2.45) is 107 Å². The minimum atomic E-state index is -2.00. The maximum absolute atomic E-state index is 13.0. The summed E-state index contributed by atoms with van der Waals surface area (Å²) in [6.45, 7) is 70.3. The Labute approximate surface area is 566 Å². The van der Waals surface area contributed by atoms with E-state index in [1.165, 1.54) is 13.3 Å². The molecule has 0 unspecified atom stereocenters. The lowest BCUT2D eigenvalue weighted by Gasteiger charge is -2.18. The fraction of sp³-hybridized carbons (Fsp3) is 0.637. The molecule has 0 amide bonds. The molecule has 0 atom stereocenters. The predicted molar refractivity (Wildman–Crippen MR) is 393 cm³/mol. The predicted octanol–water partition coefficient (Wildman–Crippen LogP) is 23.6. The molecule has 4 aromatic heterocycles. The van der Waals surface area contributed by atoms with Crippen molar-refractivity contribution >= 4 is 0 Å². The van der Waals surface area contributed by atoms with Crippen LogP contribution in [0.4, 0.5) is 4.39 Å². The Morgan fingerprint density at radius 2 is 0.489 bits per heavy atom. The molecule has 6 aromatic rings. The van der Waals surface area contributed by atoms with Crippen molar-refractivity contribution < 1.29 is 23.3 Å². The first-order valence-electron chi connectivity index (χ1n) is 34.4. The number of pyridine rings is 1. The number of alkyl halides is 1.